The topological polar surface area (TPSA) is 82.2 Å². The van der Waals surface area contributed by atoms with Crippen LogP contribution in [0.25, 0.3) is 0 Å². The normalized spacial score (nSPS) is 10.1. The highest BCUT2D eigenvalue weighted by molar-refractivity contribution is 5.91. The monoisotopic (exact) mass is 250 g/mol. The quantitative estimate of drug-likeness (QED) is 0.474. The number of ether oxygens (including phenoxy) is 1. The Morgan fingerprint density at radius 2 is 2.33 bits per heavy atom. The van der Waals surface area contributed by atoms with E-state index in [0.717, 1.165) is 0 Å². The molecule has 1 aromatic heterocycles. The van der Waals surface area contributed by atoms with E-state index in [0.29, 0.717) is 5.75 Å². The van der Waals surface area contributed by atoms with Crippen molar-refractivity contribution in [2.45, 2.75) is 6.73 Å². The molecule has 0 fully saturated rings. The Balaban J connectivity index is 1.98. The third-order valence-corrected chi connectivity index (χ3v) is 2.16. The van der Waals surface area contributed by atoms with Gasteiger partial charge in [0.1, 0.15) is 11.6 Å². The molecule has 2 rings (SSSR count). The summed E-state index contributed by atoms with van der Waals surface area (Å²) in [4.78, 5) is 11.1. The van der Waals surface area contributed by atoms with Gasteiger partial charge in [0.25, 0.3) is 5.91 Å². The number of hydrazine groups is 1. The number of halogens is 1. The van der Waals surface area contributed by atoms with Crippen LogP contribution in [0.3, 0.4) is 0 Å². The number of nitrogen functional groups attached to an aromatic ring is 1. The fourth-order valence-corrected chi connectivity index (χ4v) is 1.33. The fraction of sp³-hybridized carbons (Fsp3) is 0.0909. The first-order chi connectivity index (χ1) is 8.69. The molecule has 18 heavy (non-hydrogen) atoms. The number of carbonyl (C=O) groups is 1. The summed E-state index contributed by atoms with van der Waals surface area (Å²) >= 11 is 0. The van der Waals surface area contributed by atoms with Gasteiger partial charge in [-0.3, -0.25) is 10.2 Å². The van der Waals surface area contributed by atoms with E-state index in [1.54, 1.807) is 18.3 Å². The average molecular weight is 250 g/mol. The van der Waals surface area contributed by atoms with Gasteiger partial charge in [0, 0.05) is 12.3 Å². The molecule has 1 heterocycles. The standard InChI is InChI=1S/C11H11FN4O2/c12-8-2-1-3-9(6-8)18-7-16-5-4-10(15-16)11(17)14-13/h1-6H,7,13H2,(H,14,17). The molecule has 0 saturated heterocycles. The van der Waals surface area contributed by atoms with Gasteiger partial charge in [-0.05, 0) is 18.2 Å². The van der Waals surface area contributed by atoms with Crippen LogP contribution in [0, 0.1) is 5.82 Å². The van der Waals surface area contributed by atoms with Crippen LogP contribution in [-0.2, 0) is 6.73 Å². The first-order valence-corrected chi connectivity index (χ1v) is 5.12. The summed E-state index contributed by atoms with van der Waals surface area (Å²) in [7, 11) is 0. The van der Waals surface area contributed by atoms with Crippen molar-refractivity contribution in [2.24, 2.45) is 5.84 Å². The molecule has 1 amide bonds. The Morgan fingerprint density at radius 3 is 3.06 bits per heavy atom. The lowest BCUT2D eigenvalue weighted by atomic mass is 10.3. The smallest absolute Gasteiger partial charge is 0.285 e. The number of nitrogens with two attached hydrogens (primary N) is 1. The van der Waals surface area contributed by atoms with Gasteiger partial charge in [-0.25, -0.2) is 14.9 Å². The van der Waals surface area contributed by atoms with Crippen molar-refractivity contribution in [3.63, 3.8) is 0 Å². The number of aromatic nitrogens is 2. The van der Waals surface area contributed by atoms with Gasteiger partial charge in [0.05, 0.1) is 0 Å². The highest BCUT2D eigenvalue weighted by Crippen LogP contribution is 2.12. The number of amides is 1. The van der Waals surface area contributed by atoms with E-state index in [1.807, 2.05) is 5.43 Å². The van der Waals surface area contributed by atoms with Gasteiger partial charge in [-0.15, -0.1) is 0 Å². The second kappa shape index (κ2) is 5.28. The highest BCUT2D eigenvalue weighted by Gasteiger charge is 2.07. The van der Waals surface area contributed by atoms with E-state index in [4.69, 9.17) is 10.6 Å². The van der Waals surface area contributed by atoms with Crippen molar-refractivity contribution in [1.29, 1.82) is 0 Å². The molecular weight excluding hydrogens is 239 g/mol. The van der Waals surface area contributed by atoms with E-state index in [1.165, 1.54) is 22.9 Å². The predicted molar refractivity (Wildman–Crippen MR) is 60.9 cm³/mol. The SMILES string of the molecule is NNC(=O)c1ccn(COc2cccc(F)c2)n1. The van der Waals surface area contributed by atoms with Crippen LogP contribution in [0.4, 0.5) is 4.39 Å². The molecule has 0 unspecified atom stereocenters. The molecule has 0 aliphatic heterocycles. The molecule has 0 radical (unpaired) electrons. The minimum atomic E-state index is -0.487. The Kier molecular flexibility index (Phi) is 3.54. The number of hydrogen-bond acceptors (Lipinski definition) is 4. The van der Waals surface area contributed by atoms with Crippen LogP contribution >= 0.6 is 0 Å². The van der Waals surface area contributed by atoms with Crippen LogP contribution in [0.2, 0.25) is 0 Å². The van der Waals surface area contributed by atoms with Crippen LogP contribution in [0.1, 0.15) is 10.5 Å². The van der Waals surface area contributed by atoms with E-state index in [2.05, 4.69) is 5.10 Å². The Morgan fingerprint density at radius 1 is 1.50 bits per heavy atom. The summed E-state index contributed by atoms with van der Waals surface area (Å²) < 4.78 is 19.6. The molecule has 0 aliphatic rings. The highest BCUT2D eigenvalue weighted by atomic mass is 19.1. The fourth-order valence-electron chi connectivity index (χ4n) is 1.33. The van der Waals surface area contributed by atoms with Gasteiger partial charge in [-0.2, -0.15) is 5.10 Å². The van der Waals surface area contributed by atoms with Crippen molar-refractivity contribution in [2.75, 3.05) is 0 Å². The molecule has 0 saturated carbocycles. The summed E-state index contributed by atoms with van der Waals surface area (Å²) in [6.07, 6.45) is 1.56. The Hall–Kier alpha value is -2.41. The number of hydrogen-bond donors (Lipinski definition) is 2. The molecule has 0 spiro atoms. The van der Waals surface area contributed by atoms with E-state index < -0.39 is 5.91 Å². The van der Waals surface area contributed by atoms with Gasteiger partial charge in [0.15, 0.2) is 12.4 Å². The molecule has 0 atom stereocenters. The second-order valence-electron chi connectivity index (χ2n) is 3.44. The minimum Gasteiger partial charge on any atom is -0.471 e. The lowest BCUT2D eigenvalue weighted by molar-refractivity contribution is 0.0946. The van der Waals surface area contributed by atoms with E-state index in [9.17, 15) is 9.18 Å². The molecule has 0 bridgehead atoms. The van der Waals surface area contributed by atoms with Gasteiger partial charge >= 0.3 is 0 Å². The van der Waals surface area contributed by atoms with Gasteiger partial charge in [-0.1, -0.05) is 6.07 Å². The lowest BCUT2D eigenvalue weighted by Crippen LogP contribution is -2.30. The van der Waals surface area contributed by atoms with E-state index >= 15 is 0 Å². The van der Waals surface area contributed by atoms with E-state index in [-0.39, 0.29) is 18.2 Å². The molecule has 0 aliphatic carbocycles. The van der Waals surface area contributed by atoms with Crippen molar-refractivity contribution in [3.05, 3.63) is 48.0 Å². The van der Waals surface area contributed by atoms with Crippen molar-refractivity contribution < 1.29 is 13.9 Å². The van der Waals surface area contributed by atoms with Gasteiger partial charge < -0.3 is 4.74 Å². The molecule has 7 heteroatoms. The third kappa shape index (κ3) is 2.83. The summed E-state index contributed by atoms with van der Waals surface area (Å²) in [5.74, 6) is 4.49. The molecule has 3 N–H and O–H groups in total. The van der Waals surface area contributed by atoms with Crippen LogP contribution in [0.5, 0.6) is 5.75 Å². The Labute approximate surface area is 102 Å². The summed E-state index contributed by atoms with van der Waals surface area (Å²) in [6, 6.07) is 7.25. The van der Waals surface area contributed by atoms with Crippen LogP contribution < -0.4 is 16.0 Å². The maximum atomic E-state index is 12.9. The van der Waals surface area contributed by atoms with Crippen LogP contribution in [0.15, 0.2) is 36.5 Å². The maximum absolute atomic E-state index is 12.9. The van der Waals surface area contributed by atoms with Gasteiger partial charge in [0.2, 0.25) is 0 Å². The summed E-state index contributed by atoms with van der Waals surface area (Å²) in [5.41, 5.74) is 2.15. The number of benzene rings is 1. The molecular formula is C11H11FN4O2. The Bertz CT molecular complexity index is 555. The first kappa shape index (κ1) is 12.1. The number of carbonyl (C=O) groups excluding carboxylic acids is 1. The predicted octanol–water partition coefficient (Wildman–Crippen LogP) is 0.662. The molecule has 6 nitrogen and oxygen atoms in total. The zero-order chi connectivity index (χ0) is 13.0. The number of nitrogens with one attached hydrogen (secondary N) is 1. The number of nitrogens with zero attached hydrogens (tertiary/aromatic N) is 2. The summed E-state index contributed by atoms with van der Waals surface area (Å²) in [5, 5.41) is 3.92. The van der Waals surface area contributed by atoms with Crippen molar-refractivity contribution >= 4 is 5.91 Å². The molecule has 94 valence electrons. The largest absolute Gasteiger partial charge is 0.471 e. The zero-order valence-electron chi connectivity index (χ0n) is 9.34. The first-order valence-electron chi connectivity index (χ1n) is 5.12. The lowest BCUT2D eigenvalue weighted by Gasteiger charge is -2.05. The number of rotatable bonds is 4. The minimum absolute atomic E-state index is 0.0707. The maximum Gasteiger partial charge on any atom is 0.285 e. The zero-order valence-corrected chi connectivity index (χ0v) is 9.34. The third-order valence-electron chi connectivity index (χ3n) is 2.16. The molecule has 2 aromatic rings. The van der Waals surface area contributed by atoms with Crippen molar-refractivity contribution in [3.8, 4) is 5.75 Å². The molecule has 1 aromatic carbocycles. The summed E-state index contributed by atoms with van der Waals surface area (Å²) in [6.45, 7) is 0.0707. The van der Waals surface area contributed by atoms with Crippen molar-refractivity contribution in [1.82, 2.24) is 15.2 Å². The second-order valence-corrected chi connectivity index (χ2v) is 3.44. The van der Waals surface area contributed by atoms with Crippen LogP contribution in [-0.4, -0.2) is 15.7 Å². The average Bonchev–Trinajstić information content (AvgIpc) is 2.84.